The monoisotopic (exact) mass is 319 g/mol. The fourth-order valence-electron chi connectivity index (χ4n) is 2.65. The zero-order chi connectivity index (χ0) is 16.4. The highest BCUT2D eigenvalue weighted by Gasteiger charge is 2.25. The molecule has 0 unspecified atom stereocenters. The molecule has 5 heteroatoms. The number of hydrogen-bond donors (Lipinski definition) is 1. The Hall–Kier alpha value is -2.95. The average Bonchev–Trinajstić information content (AvgIpc) is 3.05. The topological polar surface area (TPSA) is 68.0 Å². The highest BCUT2D eigenvalue weighted by molar-refractivity contribution is 5.93. The molecule has 0 bridgehead atoms. The molecule has 1 heterocycles. The molecule has 0 atom stereocenters. The zero-order valence-electron chi connectivity index (χ0n) is 13.1. The van der Waals surface area contributed by atoms with Crippen LogP contribution in [0.3, 0.4) is 0 Å². The SMILES string of the molecule is O=C(Nc1ccc(-c2nnc(-c3ccccc3)o2)cc1)C1CCC1. The maximum atomic E-state index is 12.0. The second-order valence-corrected chi connectivity index (χ2v) is 5.97. The molecule has 1 aliphatic carbocycles. The highest BCUT2D eigenvalue weighted by Crippen LogP contribution is 2.28. The van der Waals surface area contributed by atoms with Gasteiger partial charge in [0.1, 0.15) is 0 Å². The molecule has 3 aromatic rings. The van der Waals surface area contributed by atoms with Crippen molar-refractivity contribution in [1.29, 1.82) is 0 Å². The maximum absolute atomic E-state index is 12.0. The van der Waals surface area contributed by atoms with Crippen LogP contribution in [-0.2, 0) is 4.79 Å². The minimum Gasteiger partial charge on any atom is -0.416 e. The average molecular weight is 319 g/mol. The van der Waals surface area contributed by atoms with Gasteiger partial charge in [-0.3, -0.25) is 4.79 Å². The van der Waals surface area contributed by atoms with E-state index in [1.54, 1.807) is 0 Å². The summed E-state index contributed by atoms with van der Waals surface area (Å²) in [5, 5.41) is 11.1. The number of amides is 1. The van der Waals surface area contributed by atoms with Crippen molar-refractivity contribution in [3.05, 3.63) is 54.6 Å². The Morgan fingerprint density at radius 2 is 1.54 bits per heavy atom. The zero-order valence-corrected chi connectivity index (χ0v) is 13.1. The molecule has 0 radical (unpaired) electrons. The maximum Gasteiger partial charge on any atom is 0.248 e. The van der Waals surface area contributed by atoms with E-state index in [1.807, 2.05) is 54.6 Å². The smallest absolute Gasteiger partial charge is 0.248 e. The third-order valence-corrected chi connectivity index (χ3v) is 4.32. The Bertz CT molecular complexity index is 837. The summed E-state index contributed by atoms with van der Waals surface area (Å²) in [5.74, 6) is 1.24. The number of anilines is 1. The first-order chi connectivity index (χ1) is 11.8. The van der Waals surface area contributed by atoms with Crippen LogP contribution < -0.4 is 5.32 Å². The Kier molecular flexibility index (Phi) is 3.83. The van der Waals surface area contributed by atoms with Gasteiger partial charge in [-0.1, -0.05) is 24.6 Å². The summed E-state index contributed by atoms with van der Waals surface area (Å²) in [4.78, 5) is 12.0. The van der Waals surface area contributed by atoms with Crippen molar-refractivity contribution in [3.63, 3.8) is 0 Å². The minimum absolute atomic E-state index is 0.109. The number of rotatable bonds is 4. The molecule has 0 spiro atoms. The predicted molar refractivity (Wildman–Crippen MR) is 91.1 cm³/mol. The molecule has 4 rings (SSSR count). The van der Waals surface area contributed by atoms with Crippen molar-refractivity contribution in [2.45, 2.75) is 19.3 Å². The predicted octanol–water partition coefficient (Wildman–Crippen LogP) is 4.14. The number of carbonyl (C=O) groups is 1. The van der Waals surface area contributed by atoms with Crippen LogP contribution in [-0.4, -0.2) is 16.1 Å². The Balaban J connectivity index is 1.49. The van der Waals surface area contributed by atoms with Gasteiger partial charge >= 0.3 is 0 Å². The van der Waals surface area contributed by atoms with Crippen molar-refractivity contribution in [1.82, 2.24) is 10.2 Å². The molecular formula is C19H17N3O2. The molecule has 24 heavy (non-hydrogen) atoms. The van der Waals surface area contributed by atoms with Crippen LogP contribution in [0.4, 0.5) is 5.69 Å². The largest absolute Gasteiger partial charge is 0.416 e. The second-order valence-electron chi connectivity index (χ2n) is 5.97. The first-order valence-corrected chi connectivity index (χ1v) is 8.10. The molecule has 120 valence electrons. The van der Waals surface area contributed by atoms with E-state index in [4.69, 9.17) is 4.42 Å². The van der Waals surface area contributed by atoms with Crippen molar-refractivity contribution in [2.75, 3.05) is 5.32 Å². The van der Waals surface area contributed by atoms with E-state index < -0.39 is 0 Å². The molecule has 1 fully saturated rings. The van der Waals surface area contributed by atoms with Gasteiger partial charge in [-0.05, 0) is 49.2 Å². The lowest BCUT2D eigenvalue weighted by Crippen LogP contribution is -2.27. The van der Waals surface area contributed by atoms with Gasteiger partial charge in [-0.15, -0.1) is 10.2 Å². The molecule has 2 aromatic carbocycles. The van der Waals surface area contributed by atoms with Gasteiger partial charge in [0.25, 0.3) is 0 Å². The van der Waals surface area contributed by atoms with E-state index >= 15 is 0 Å². The third kappa shape index (κ3) is 2.93. The Labute approximate surface area is 139 Å². The van der Waals surface area contributed by atoms with Crippen LogP contribution in [0.1, 0.15) is 19.3 Å². The van der Waals surface area contributed by atoms with E-state index in [0.717, 1.165) is 36.1 Å². The number of hydrogen-bond acceptors (Lipinski definition) is 4. The fraction of sp³-hybridized carbons (Fsp3) is 0.211. The molecule has 1 N–H and O–H groups in total. The van der Waals surface area contributed by atoms with E-state index in [9.17, 15) is 4.79 Å². The molecule has 0 saturated heterocycles. The van der Waals surface area contributed by atoms with Crippen LogP contribution in [0.2, 0.25) is 0 Å². The number of aromatic nitrogens is 2. The van der Waals surface area contributed by atoms with Gasteiger partial charge in [0.15, 0.2) is 0 Å². The fourth-order valence-corrected chi connectivity index (χ4v) is 2.65. The third-order valence-electron chi connectivity index (χ3n) is 4.32. The summed E-state index contributed by atoms with van der Waals surface area (Å²) in [7, 11) is 0. The molecule has 1 aromatic heterocycles. The van der Waals surface area contributed by atoms with Crippen LogP contribution in [0, 0.1) is 5.92 Å². The van der Waals surface area contributed by atoms with E-state index in [-0.39, 0.29) is 11.8 Å². The van der Waals surface area contributed by atoms with Crippen molar-refractivity contribution in [3.8, 4) is 22.9 Å². The van der Waals surface area contributed by atoms with Gasteiger partial charge < -0.3 is 9.73 Å². The van der Waals surface area contributed by atoms with E-state index in [0.29, 0.717) is 11.8 Å². The van der Waals surface area contributed by atoms with Gasteiger partial charge in [0, 0.05) is 22.7 Å². The van der Waals surface area contributed by atoms with E-state index in [1.165, 1.54) is 0 Å². The lowest BCUT2D eigenvalue weighted by Gasteiger charge is -2.24. The van der Waals surface area contributed by atoms with Crippen LogP contribution in [0.5, 0.6) is 0 Å². The number of benzene rings is 2. The highest BCUT2D eigenvalue weighted by atomic mass is 16.4. The van der Waals surface area contributed by atoms with Crippen molar-refractivity contribution >= 4 is 11.6 Å². The van der Waals surface area contributed by atoms with E-state index in [2.05, 4.69) is 15.5 Å². The second kappa shape index (κ2) is 6.28. The minimum atomic E-state index is 0.109. The van der Waals surface area contributed by atoms with Gasteiger partial charge in [0.2, 0.25) is 17.7 Å². The summed E-state index contributed by atoms with van der Waals surface area (Å²) >= 11 is 0. The summed E-state index contributed by atoms with van der Waals surface area (Å²) in [6, 6.07) is 17.1. The number of carbonyl (C=O) groups excluding carboxylic acids is 1. The quantitative estimate of drug-likeness (QED) is 0.784. The summed E-state index contributed by atoms with van der Waals surface area (Å²) in [6.07, 6.45) is 3.14. The van der Waals surface area contributed by atoms with Crippen molar-refractivity contribution in [2.24, 2.45) is 5.92 Å². The summed E-state index contributed by atoms with van der Waals surface area (Å²) < 4.78 is 5.73. The lowest BCUT2D eigenvalue weighted by atomic mass is 9.85. The van der Waals surface area contributed by atoms with Crippen LogP contribution in [0.15, 0.2) is 59.0 Å². The first-order valence-electron chi connectivity index (χ1n) is 8.10. The summed E-state index contributed by atoms with van der Waals surface area (Å²) in [6.45, 7) is 0. The summed E-state index contributed by atoms with van der Waals surface area (Å²) in [5.41, 5.74) is 2.51. The number of nitrogens with zero attached hydrogens (tertiary/aromatic N) is 2. The van der Waals surface area contributed by atoms with Gasteiger partial charge in [0.05, 0.1) is 0 Å². The number of nitrogens with one attached hydrogen (secondary N) is 1. The van der Waals surface area contributed by atoms with Crippen molar-refractivity contribution < 1.29 is 9.21 Å². The van der Waals surface area contributed by atoms with Gasteiger partial charge in [-0.2, -0.15) is 0 Å². The molecule has 1 amide bonds. The molecular weight excluding hydrogens is 302 g/mol. The Morgan fingerprint density at radius 3 is 2.12 bits per heavy atom. The standard InChI is InChI=1S/C19H17N3O2/c23-17(13-7-4-8-13)20-16-11-9-15(10-12-16)19-22-21-18(24-19)14-5-2-1-3-6-14/h1-3,5-6,9-13H,4,7-8H2,(H,20,23). The molecule has 0 aliphatic heterocycles. The van der Waals surface area contributed by atoms with Gasteiger partial charge in [-0.25, -0.2) is 0 Å². The molecule has 1 aliphatic rings. The lowest BCUT2D eigenvalue weighted by molar-refractivity contribution is -0.122. The van der Waals surface area contributed by atoms with Crippen LogP contribution in [0.25, 0.3) is 22.9 Å². The van der Waals surface area contributed by atoms with Crippen LogP contribution >= 0.6 is 0 Å². The first kappa shape index (κ1) is 14.6. The molecule has 1 saturated carbocycles. The normalized spacial score (nSPS) is 14.2. The Morgan fingerprint density at radius 1 is 0.917 bits per heavy atom. The molecule has 5 nitrogen and oxygen atoms in total.